The summed E-state index contributed by atoms with van der Waals surface area (Å²) in [6, 6.07) is 13.1. The first-order valence-corrected chi connectivity index (χ1v) is 6.96. The summed E-state index contributed by atoms with van der Waals surface area (Å²) >= 11 is 12.3. The Morgan fingerprint density at radius 1 is 0.950 bits per heavy atom. The average molecular weight is 303 g/mol. The fourth-order valence-electron chi connectivity index (χ4n) is 2.34. The Morgan fingerprint density at radius 3 is 2.55 bits per heavy atom. The first-order chi connectivity index (χ1) is 9.68. The Bertz CT molecular complexity index is 766. The second kappa shape index (κ2) is 5.41. The van der Waals surface area contributed by atoms with Crippen LogP contribution in [0.25, 0.3) is 10.8 Å². The molecule has 0 spiro atoms. The maximum absolute atomic E-state index is 6.38. The number of hydrogen-bond acceptors (Lipinski definition) is 2. The maximum atomic E-state index is 6.38. The number of benzene rings is 2. The number of nitrogens with two attached hydrogens (primary N) is 1. The lowest BCUT2D eigenvalue weighted by molar-refractivity contribution is 0.880. The first kappa shape index (κ1) is 13.4. The highest BCUT2D eigenvalue weighted by molar-refractivity contribution is 6.42. The Kier molecular flexibility index (Phi) is 3.62. The fraction of sp³-hybridized carbons (Fsp3) is 0.0625. The molecule has 1 heterocycles. The summed E-state index contributed by atoms with van der Waals surface area (Å²) in [6.45, 7) is 0. The quantitative estimate of drug-likeness (QED) is 0.752. The zero-order chi connectivity index (χ0) is 14.1. The van der Waals surface area contributed by atoms with Gasteiger partial charge in [0, 0.05) is 17.8 Å². The van der Waals surface area contributed by atoms with Gasteiger partial charge in [-0.05, 0) is 28.6 Å². The van der Waals surface area contributed by atoms with E-state index >= 15 is 0 Å². The minimum absolute atomic E-state index is 0.339. The van der Waals surface area contributed by atoms with Gasteiger partial charge in [0.2, 0.25) is 0 Å². The van der Waals surface area contributed by atoms with Crippen molar-refractivity contribution in [3.05, 3.63) is 76.0 Å². The molecule has 0 saturated heterocycles. The molecule has 3 aromatic rings. The normalized spacial score (nSPS) is 12.6. The molecule has 0 aliphatic heterocycles. The molecule has 0 aliphatic rings. The number of hydrogen-bond donors (Lipinski definition) is 1. The van der Waals surface area contributed by atoms with E-state index in [2.05, 4.69) is 4.98 Å². The van der Waals surface area contributed by atoms with E-state index in [4.69, 9.17) is 28.9 Å². The van der Waals surface area contributed by atoms with Crippen molar-refractivity contribution in [1.29, 1.82) is 0 Å². The molecule has 2 N–H and O–H groups in total. The summed E-state index contributed by atoms with van der Waals surface area (Å²) in [6.07, 6.45) is 3.59. The van der Waals surface area contributed by atoms with Crippen LogP contribution in [0.5, 0.6) is 0 Å². The van der Waals surface area contributed by atoms with Gasteiger partial charge in [0.15, 0.2) is 0 Å². The predicted octanol–water partition coefficient (Wildman–Crippen LogP) is 4.59. The highest BCUT2D eigenvalue weighted by Gasteiger charge is 2.16. The van der Waals surface area contributed by atoms with E-state index in [-0.39, 0.29) is 6.04 Å². The van der Waals surface area contributed by atoms with Crippen LogP contribution in [0, 0.1) is 0 Å². The SMILES string of the molecule is NC(c1cccc(Cl)c1Cl)c1cccc2ccncc12. The second-order valence-corrected chi connectivity index (χ2v) is 5.35. The molecule has 3 rings (SSSR count). The number of pyridine rings is 1. The van der Waals surface area contributed by atoms with E-state index in [1.807, 2.05) is 42.6 Å². The molecule has 0 aliphatic carbocycles. The number of aromatic nitrogens is 1. The van der Waals surface area contributed by atoms with Crippen LogP contribution >= 0.6 is 23.2 Å². The van der Waals surface area contributed by atoms with Crippen molar-refractivity contribution >= 4 is 34.0 Å². The highest BCUT2D eigenvalue weighted by atomic mass is 35.5. The van der Waals surface area contributed by atoms with E-state index in [1.165, 1.54) is 0 Å². The van der Waals surface area contributed by atoms with Gasteiger partial charge in [-0.3, -0.25) is 4.98 Å². The van der Waals surface area contributed by atoms with Crippen molar-refractivity contribution in [1.82, 2.24) is 4.98 Å². The molecule has 0 bridgehead atoms. The standard InChI is InChI=1S/C16H12Cl2N2/c17-14-6-2-5-12(15(14)18)16(19)11-4-1-3-10-7-8-20-9-13(10)11/h1-9,16H,19H2. The average Bonchev–Trinajstić information content (AvgIpc) is 2.49. The molecule has 0 radical (unpaired) electrons. The molecule has 100 valence electrons. The largest absolute Gasteiger partial charge is 0.320 e. The van der Waals surface area contributed by atoms with Gasteiger partial charge in [0.05, 0.1) is 16.1 Å². The number of rotatable bonds is 2. The molecule has 20 heavy (non-hydrogen) atoms. The molecular weight excluding hydrogens is 291 g/mol. The molecule has 2 nitrogen and oxygen atoms in total. The van der Waals surface area contributed by atoms with Gasteiger partial charge in [-0.1, -0.05) is 53.5 Å². The Morgan fingerprint density at radius 2 is 1.70 bits per heavy atom. The van der Waals surface area contributed by atoms with Gasteiger partial charge in [-0.15, -0.1) is 0 Å². The molecule has 0 fully saturated rings. The second-order valence-electron chi connectivity index (χ2n) is 4.56. The van der Waals surface area contributed by atoms with E-state index in [9.17, 15) is 0 Å². The van der Waals surface area contributed by atoms with E-state index in [0.717, 1.165) is 21.9 Å². The Balaban J connectivity index is 2.18. The monoisotopic (exact) mass is 302 g/mol. The van der Waals surface area contributed by atoms with Gasteiger partial charge in [0.25, 0.3) is 0 Å². The van der Waals surface area contributed by atoms with E-state index < -0.39 is 0 Å². The summed E-state index contributed by atoms with van der Waals surface area (Å²) in [5.74, 6) is 0. The fourth-order valence-corrected chi connectivity index (χ4v) is 2.76. The van der Waals surface area contributed by atoms with E-state index in [0.29, 0.717) is 10.0 Å². The molecule has 2 aromatic carbocycles. The smallest absolute Gasteiger partial charge is 0.0643 e. The third kappa shape index (κ3) is 2.27. The van der Waals surface area contributed by atoms with Crippen molar-refractivity contribution in [3.8, 4) is 0 Å². The minimum Gasteiger partial charge on any atom is -0.320 e. The summed E-state index contributed by atoms with van der Waals surface area (Å²) in [5.41, 5.74) is 8.18. The van der Waals surface area contributed by atoms with Gasteiger partial charge < -0.3 is 5.73 Å². The van der Waals surface area contributed by atoms with Crippen LogP contribution in [0.3, 0.4) is 0 Å². The van der Waals surface area contributed by atoms with Crippen molar-refractivity contribution in [2.24, 2.45) is 5.73 Å². The minimum atomic E-state index is -0.339. The van der Waals surface area contributed by atoms with Crippen LogP contribution in [0.1, 0.15) is 17.2 Å². The molecular formula is C16H12Cl2N2. The van der Waals surface area contributed by atoms with Gasteiger partial charge in [-0.25, -0.2) is 0 Å². The van der Waals surface area contributed by atoms with Crippen LogP contribution in [-0.4, -0.2) is 4.98 Å². The van der Waals surface area contributed by atoms with Gasteiger partial charge >= 0.3 is 0 Å². The topological polar surface area (TPSA) is 38.9 Å². The van der Waals surface area contributed by atoms with Crippen LogP contribution in [0.2, 0.25) is 10.0 Å². The summed E-state index contributed by atoms with van der Waals surface area (Å²) in [7, 11) is 0. The van der Waals surface area contributed by atoms with Crippen molar-refractivity contribution < 1.29 is 0 Å². The van der Waals surface area contributed by atoms with Gasteiger partial charge in [-0.2, -0.15) is 0 Å². The third-order valence-corrected chi connectivity index (χ3v) is 4.20. The number of nitrogens with zero attached hydrogens (tertiary/aromatic N) is 1. The molecule has 4 heteroatoms. The van der Waals surface area contributed by atoms with E-state index in [1.54, 1.807) is 12.3 Å². The van der Waals surface area contributed by atoms with Crippen molar-refractivity contribution in [2.75, 3.05) is 0 Å². The Hall–Kier alpha value is -1.61. The predicted molar refractivity (Wildman–Crippen MR) is 84.2 cm³/mol. The lowest BCUT2D eigenvalue weighted by Gasteiger charge is -2.17. The number of fused-ring (bicyclic) bond motifs is 1. The lowest BCUT2D eigenvalue weighted by atomic mass is 9.95. The highest BCUT2D eigenvalue weighted by Crippen LogP contribution is 2.34. The Labute approximate surface area is 127 Å². The molecule has 0 amide bonds. The maximum Gasteiger partial charge on any atom is 0.0643 e. The van der Waals surface area contributed by atoms with Crippen LogP contribution < -0.4 is 5.73 Å². The lowest BCUT2D eigenvalue weighted by Crippen LogP contribution is -2.13. The summed E-state index contributed by atoms with van der Waals surface area (Å²) in [5, 5.41) is 3.14. The van der Waals surface area contributed by atoms with Gasteiger partial charge in [0.1, 0.15) is 0 Å². The molecule has 0 saturated carbocycles. The molecule has 1 aromatic heterocycles. The summed E-state index contributed by atoms with van der Waals surface area (Å²) in [4.78, 5) is 4.17. The summed E-state index contributed by atoms with van der Waals surface area (Å²) < 4.78 is 0. The zero-order valence-corrected chi connectivity index (χ0v) is 12.1. The first-order valence-electron chi connectivity index (χ1n) is 6.20. The molecule has 1 unspecified atom stereocenters. The zero-order valence-electron chi connectivity index (χ0n) is 10.6. The van der Waals surface area contributed by atoms with Crippen molar-refractivity contribution in [3.63, 3.8) is 0 Å². The van der Waals surface area contributed by atoms with Crippen LogP contribution in [0.15, 0.2) is 54.9 Å². The third-order valence-electron chi connectivity index (χ3n) is 3.37. The number of halogens is 2. The molecule has 1 atom stereocenters. The van der Waals surface area contributed by atoms with Crippen LogP contribution in [0.4, 0.5) is 0 Å². The van der Waals surface area contributed by atoms with Crippen LogP contribution in [-0.2, 0) is 0 Å². The van der Waals surface area contributed by atoms with Crippen molar-refractivity contribution in [2.45, 2.75) is 6.04 Å².